The van der Waals surface area contributed by atoms with E-state index in [1.54, 1.807) is 0 Å². The molecule has 4 heteroatoms. The fraction of sp³-hybridized carbons (Fsp3) is 0.588. The number of benzene rings is 1. The number of amides is 1. The number of aliphatic hydroxyl groups is 1. The highest BCUT2D eigenvalue weighted by molar-refractivity contribution is 5.84. The van der Waals surface area contributed by atoms with Crippen molar-refractivity contribution in [3.8, 4) is 0 Å². The quantitative estimate of drug-likeness (QED) is 0.872. The summed E-state index contributed by atoms with van der Waals surface area (Å²) in [7, 11) is 3.83. The Kier molecular flexibility index (Phi) is 5.01. The van der Waals surface area contributed by atoms with Crippen molar-refractivity contribution in [1.29, 1.82) is 0 Å². The number of carbonyl (C=O) groups excluding carboxylic acids is 1. The Bertz CT molecular complexity index is 493. The van der Waals surface area contributed by atoms with E-state index < -0.39 is 5.54 Å². The van der Waals surface area contributed by atoms with Crippen LogP contribution in [0.1, 0.15) is 42.9 Å². The van der Waals surface area contributed by atoms with Gasteiger partial charge in [-0.2, -0.15) is 0 Å². The molecule has 4 nitrogen and oxygen atoms in total. The van der Waals surface area contributed by atoms with Crippen LogP contribution in [-0.2, 0) is 4.79 Å². The number of carbonyl (C=O) groups is 1. The van der Waals surface area contributed by atoms with Gasteiger partial charge in [0.15, 0.2) is 0 Å². The lowest BCUT2D eigenvalue weighted by molar-refractivity contribution is -0.128. The van der Waals surface area contributed by atoms with Gasteiger partial charge < -0.3 is 10.4 Å². The Labute approximate surface area is 127 Å². The first kappa shape index (κ1) is 16.0. The second-order valence-corrected chi connectivity index (χ2v) is 6.36. The first-order valence-electron chi connectivity index (χ1n) is 7.64. The molecule has 1 aliphatic rings. The van der Waals surface area contributed by atoms with Gasteiger partial charge in [0.1, 0.15) is 6.04 Å². The Hall–Kier alpha value is -1.39. The number of aliphatic hydroxyl groups excluding tert-OH is 1. The molecule has 1 saturated carbocycles. The van der Waals surface area contributed by atoms with Crippen molar-refractivity contribution in [3.63, 3.8) is 0 Å². The van der Waals surface area contributed by atoms with E-state index in [0.29, 0.717) is 0 Å². The predicted molar refractivity (Wildman–Crippen MR) is 84.0 cm³/mol. The normalized spacial score (nSPS) is 18.7. The van der Waals surface area contributed by atoms with Gasteiger partial charge in [-0.15, -0.1) is 0 Å². The average Bonchev–Trinajstić information content (AvgIpc) is 2.90. The summed E-state index contributed by atoms with van der Waals surface area (Å²) >= 11 is 0. The summed E-state index contributed by atoms with van der Waals surface area (Å²) in [6.07, 6.45) is 3.86. The van der Waals surface area contributed by atoms with Crippen molar-refractivity contribution >= 4 is 5.91 Å². The summed E-state index contributed by atoms with van der Waals surface area (Å²) < 4.78 is 0. The lowest BCUT2D eigenvalue weighted by atomic mass is 9.95. The van der Waals surface area contributed by atoms with Crippen LogP contribution in [0.4, 0.5) is 0 Å². The molecule has 1 aliphatic carbocycles. The predicted octanol–water partition coefficient (Wildman–Crippen LogP) is 2.02. The van der Waals surface area contributed by atoms with Gasteiger partial charge in [0, 0.05) is 0 Å². The van der Waals surface area contributed by atoms with E-state index >= 15 is 0 Å². The summed E-state index contributed by atoms with van der Waals surface area (Å²) in [6, 6.07) is 7.64. The van der Waals surface area contributed by atoms with Gasteiger partial charge in [-0.25, -0.2) is 0 Å². The Morgan fingerprint density at radius 1 is 1.33 bits per heavy atom. The molecule has 1 aromatic rings. The number of aryl methyl sites for hydroxylation is 1. The molecule has 0 aliphatic heterocycles. The van der Waals surface area contributed by atoms with Crippen molar-refractivity contribution in [2.45, 2.75) is 44.2 Å². The molecule has 0 saturated heterocycles. The minimum Gasteiger partial charge on any atom is -0.394 e. The van der Waals surface area contributed by atoms with Gasteiger partial charge in [0.25, 0.3) is 0 Å². The van der Waals surface area contributed by atoms with Crippen molar-refractivity contribution < 1.29 is 9.90 Å². The molecule has 1 unspecified atom stereocenters. The van der Waals surface area contributed by atoms with Crippen LogP contribution in [0.5, 0.6) is 0 Å². The highest BCUT2D eigenvalue weighted by Gasteiger charge is 2.37. The zero-order valence-corrected chi connectivity index (χ0v) is 13.2. The topological polar surface area (TPSA) is 52.6 Å². The molecular formula is C17H26N2O2. The highest BCUT2D eigenvalue weighted by atomic mass is 16.3. The van der Waals surface area contributed by atoms with Crippen molar-refractivity contribution in [2.24, 2.45) is 0 Å². The van der Waals surface area contributed by atoms with Crippen LogP contribution in [0.2, 0.25) is 0 Å². The van der Waals surface area contributed by atoms with Crippen molar-refractivity contribution in [1.82, 2.24) is 10.2 Å². The molecule has 1 aromatic carbocycles. The largest absolute Gasteiger partial charge is 0.394 e. The molecule has 21 heavy (non-hydrogen) atoms. The minimum absolute atomic E-state index is 0.0205. The number of nitrogens with zero attached hydrogens (tertiary/aromatic N) is 1. The van der Waals surface area contributed by atoms with E-state index in [9.17, 15) is 9.90 Å². The lowest BCUT2D eigenvalue weighted by Crippen LogP contribution is -2.52. The Balaban J connectivity index is 2.23. The Morgan fingerprint density at radius 2 is 1.95 bits per heavy atom. The van der Waals surface area contributed by atoms with Crippen LogP contribution < -0.4 is 5.32 Å². The molecular weight excluding hydrogens is 264 g/mol. The molecule has 1 amide bonds. The van der Waals surface area contributed by atoms with Crippen LogP contribution in [-0.4, -0.2) is 42.2 Å². The van der Waals surface area contributed by atoms with Crippen LogP contribution >= 0.6 is 0 Å². The molecule has 1 atom stereocenters. The number of rotatable bonds is 5. The maximum Gasteiger partial charge on any atom is 0.242 e. The van der Waals surface area contributed by atoms with Gasteiger partial charge >= 0.3 is 0 Å². The summed E-state index contributed by atoms with van der Waals surface area (Å²) in [4.78, 5) is 14.7. The van der Waals surface area contributed by atoms with E-state index in [-0.39, 0.29) is 18.6 Å². The summed E-state index contributed by atoms with van der Waals surface area (Å²) in [6.45, 7) is 2.04. The van der Waals surface area contributed by atoms with Gasteiger partial charge in [0.2, 0.25) is 5.91 Å². The molecule has 2 N–H and O–H groups in total. The number of hydrogen-bond donors (Lipinski definition) is 2. The van der Waals surface area contributed by atoms with Crippen LogP contribution in [0.15, 0.2) is 24.3 Å². The third kappa shape index (κ3) is 3.44. The maximum absolute atomic E-state index is 12.8. The molecule has 1 fully saturated rings. The fourth-order valence-corrected chi connectivity index (χ4v) is 3.25. The van der Waals surface area contributed by atoms with Gasteiger partial charge in [-0.3, -0.25) is 9.69 Å². The van der Waals surface area contributed by atoms with E-state index in [0.717, 1.165) is 36.8 Å². The van der Waals surface area contributed by atoms with Crippen molar-refractivity contribution in [3.05, 3.63) is 35.4 Å². The monoisotopic (exact) mass is 290 g/mol. The number of nitrogens with one attached hydrogen (secondary N) is 1. The zero-order valence-electron chi connectivity index (χ0n) is 13.2. The average molecular weight is 290 g/mol. The third-order valence-corrected chi connectivity index (χ3v) is 4.50. The van der Waals surface area contributed by atoms with Crippen molar-refractivity contribution in [2.75, 3.05) is 20.7 Å². The van der Waals surface area contributed by atoms with Crippen LogP contribution in [0.25, 0.3) is 0 Å². The number of hydrogen-bond acceptors (Lipinski definition) is 3. The van der Waals surface area contributed by atoms with Gasteiger partial charge in [0.05, 0.1) is 12.1 Å². The molecule has 0 aromatic heterocycles. The molecule has 0 bridgehead atoms. The van der Waals surface area contributed by atoms with E-state index in [1.165, 1.54) is 0 Å². The van der Waals surface area contributed by atoms with Crippen LogP contribution in [0, 0.1) is 6.92 Å². The summed E-state index contributed by atoms with van der Waals surface area (Å²) in [5, 5.41) is 12.8. The number of likely N-dealkylation sites (N-methyl/N-ethyl adjacent to an activating group) is 1. The standard InChI is InChI=1S/C17H26N2O2/c1-13-8-4-5-9-14(13)15(19(2)3)16(21)18-17(12-20)10-6-7-11-17/h4-5,8-9,15,20H,6-7,10-12H2,1-3H3,(H,18,21). The first-order valence-corrected chi connectivity index (χ1v) is 7.64. The smallest absolute Gasteiger partial charge is 0.242 e. The maximum atomic E-state index is 12.8. The first-order chi connectivity index (χ1) is 9.99. The lowest BCUT2D eigenvalue weighted by Gasteiger charge is -2.33. The summed E-state index contributed by atoms with van der Waals surface area (Å²) in [5.41, 5.74) is 1.70. The second kappa shape index (κ2) is 6.58. The van der Waals surface area contributed by atoms with Gasteiger partial charge in [-0.1, -0.05) is 37.1 Å². The van der Waals surface area contributed by atoms with Crippen LogP contribution in [0.3, 0.4) is 0 Å². The van der Waals surface area contributed by atoms with E-state index in [1.807, 2.05) is 50.2 Å². The van der Waals surface area contributed by atoms with Gasteiger partial charge in [-0.05, 0) is 45.0 Å². The molecule has 116 valence electrons. The third-order valence-electron chi connectivity index (χ3n) is 4.50. The summed E-state index contributed by atoms with van der Waals surface area (Å²) in [5.74, 6) is -0.0229. The molecule has 0 heterocycles. The van der Waals surface area contributed by atoms with E-state index in [2.05, 4.69) is 5.32 Å². The molecule has 0 spiro atoms. The van der Waals surface area contributed by atoms with E-state index in [4.69, 9.17) is 0 Å². The molecule has 2 rings (SSSR count). The zero-order chi connectivity index (χ0) is 15.5. The second-order valence-electron chi connectivity index (χ2n) is 6.36. The molecule has 0 radical (unpaired) electrons. The fourth-order valence-electron chi connectivity index (χ4n) is 3.25. The minimum atomic E-state index is -0.423. The highest BCUT2D eigenvalue weighted by Crippen LogP contribution is 2.31. The SMILES string of the molecule is Cc1ccccc1C(C(=O)NC1(CO)CCCC1)N(C)C. The Morgan fingerprint density at radius 3 is 2.48 bits per heavy atom.